The van der Waals surface area contributed by atoms with Gasteiger partial charge in [-0.3, -0.25) is 9.59 Å². The first-order valence-electron chi connectivity index (χ1n) is 10.6. The summed E-state index contributed by atoms with van der Waals surface area (Å²) in [4.78, 5) is 25.2. The third-order valence-electron chi connectivity index (χ3n) is 7.14. The third kappa shape index (κ3) is 3.68. The van der Waals surface area contributed by atoms with Crippen LogP contribution in [-0.4, -0.2) is 23.4 Å². The zero-order valence-electron chi connectivity index (χ0n) is 16.8. The molecule has 28 heavy (non-hydrogen) atoms. The van der Waals surface area contributed by atoms with Gasteiger partial charge >= 0.3 is 5.97 Å². The Labute approximate surface area is 172 Å². The number of alkyl halides is 1. The second-order valence-electron chi connectivity index (χ2n) is 9.41. The van der Waals surface area contributed by atoms with E-state index < -0.39 is 5.41 Å². The number of para-hydroxylation sites is 1. The molecule has 1 aromatic rings. The third-order valence-corrected chi connectivity index (χ3v) is 7.58. The van der Waals surface area contributed by atoms with Crippen LogP contribution in [0.3, 0.4) is 0 Å². The molecule has 4 aliphatic carbocycles. The SMILES string of the molecule is CC[C@H](C)c1ccccc1NC(=O)COC(=O)C12C[C@@H]3C[C@@H](CC(Cl)(C3)C1)C2. The fourth-order valence-electron chi connectivity index (χ4n) is 6.12. The van der Waals surface area contributed by atoms with Gasteiger partial charge in [0.2, 0.25) is 0 Å². The van der Waals surface area contributed by atoms with Gasteiger partial charge in [0.25, 0.3) is 5.91 Å². The second-order valence-corrected chi connectivity index (χ2v) is 10.2. The molecule has 4 saturated carbocycles. The Bertz CT molecular complexity index is 763. The van der Waals surface area contributed by atoms with Gasteiger partial charge < -0.3 is 10.1 Å². The van der Waals surface area contributed by atoms with E-state index in [0.717, 1.165) is 43.4 Å². The van der Waals surface area contributed by atoms with Crippen LogP contribution in [0.2, 0.25) is 0 Å². The van der Waals surface area contributed by atoms with Crippen LogP contribution in [0.15, 0.2) is 24.3 Å². The zero-order chi connectivity index (χ0) is 19.9. The van der Waals surface area contributed by atoms with Crippen molar-refractivity contribution in [3.63, 3.8) is 0 Å². The van der Waals surface area contributed by atoms with Gasteiger partial charge in [0, 0.05) is 10.6 Å². The number of carbonyl (C=O) groups is 2. The lowest BCUT2D eigenvalue weighted by atomic mass is 9.49. The highest BCUT2D eigenvalue weighted by molar-refractivity contribution is 6.24. The predicted octanol–water partition coefficient (Wildman–Crippen LogP) is 5.26. The Morgan fingerprint density at radius 2 is 1.89 bits per heavy atom. The number of benzene rings is 1. The van der Waals surface area contributed by atoms with Crippen LogP contribution < -0.4 is 5.32 Å². The van der Waals surface area contributed by atoms with Crippen molar-refractivity contribution in [1.29, 1.82) is 0 Å². The molecular formula is C23H30ClNO3. The number of nitrogens with one attached hydrogen (secondary N) is 1. The summed E-state index contributed by atoms with van der Waals surface area (Å²) in [5.74, 6) is 0.905. The number of hydrogen-bond acceptors (Lipinski definition) is 3. The first-order chi connectivity index (χ1) is 13.3. The lowest BCUT2D eigenvalue weighted by molar-refractivity contribution is -0.171. The lowest BCUT2D eigenvalue weighted by Crippen LogP contribution is -2.56. The van der Waals surface area contributed by atoms with E-state index in [0.29, 0.717) is 24.2 Å². The zero-order valence-corrected chi connectivity index (χ0v) is 17.6. The fourth-order valence-corrected chi connectivity index (χ4v) is 6.81. The highest BCUT2D eigenvalue weighted by Gasteiger charge is 2.60. The highest BCUT2D eigenvalue weighted by Crippen LogP contribution is 2.64. The summed E-state index contributed by atoms with van der Waals surface area (Å²) in [7, 11) is 0. The maximum Gasteiger partial charge on any atom is 0.312 e. The van der Waals surface area contributed by atoms with Crippen molar-refractivity contribution in [3.05, 3.63) is 29.8 Å². The summed E-state index contributed by atoms with van der Waals surface area (Å²) in [6.07, 6.45) is 6.67. The Morgan fingerprint density at radius 3 is 2.54 bits per heavy atom. The van der Waals surface area contributed by atoms with Gasteiger partial charge in [-0.05, 0) is 74.3 Å². The quantitative estimate of drug-likeness (QED) is 0.520. The summed E-state index contributed by atoms with van der Waals surface area (Å²) in [5.41, 5.74) is 1.43. The van der Waals surface area contributed by atoms with Crippen molar-refractivity contribution >= 4 is 29.2 Å². The van der Waals surface area contributed by atoms with E-state index in [-0.39, 0.29) is 23.4 Å². The summed E-state index contributed by atoms with van der Waals surface area (Å²) in [6.45, 7) is 4.03. The monoisotopic (exact) mass is 403 g/mol. The number of anilines is 1. The molecule has 0 heterocycles. The topological polar surface area (TPSA) is 55.4 Å². The van der Waals surface area contributed by atoms with Crippen molar-refractivity contribution in [2.45, 2.75) is 69.6 Å². The van der Waals surface area contributed by atoms with Crippen LogP contribution in [0, 0.1) is 17.3 Å². The smallest absolute Gasteiger partial charge is 0.312 e. The van der Waals surface area contributed by atoms with Crippen molar-refractivity contribution < 1.29 is 14.3 Å². The summed E-state index contributed by atoms with van der Waals surface area (Å²) >= 11 is 6.81. The highest BCUT2D eigenvalue weighted by atomic mass is 35.5. The first kappa shape index (κ1) is 19.8. The molecule has 4 nitrogen and oxygen atoms in total. The van der Waals surface area contributed by atoms with E-state index in [9.17, 15) is 9.59 Å². The largest absolute Gasteiger partial charge is 0.455 e. The molecule has 0 aromatic heterocycles. The van der Waals surface area contributed by atoms with Crippen LogP contribution in [0.1, 0.15) is 70.3 Å². The van der Waals surface area contributed by atoms with Crippen LogP contribution in [0.25, 0.3) is 0 Å². The standard InChI is InChI=1S/C23H30ClNO3/c1-3-15(2)18-6-4-5-7-19(18)25-20(26)13-28-21(27)22-9-16-8-17(10-22)12-23(24,11-16)14-22/h4-7,15-17H,3,8-14H2,1-2H3,(H,25,26)/t15-,16-,17+,22?,23?/m0/s1. The van der Waals surface area contributed by atoms with Gasteiger partial charge in [-0.25, -0.2) is 0 Å². The predicted molar refractivity (Wildman–Crippen MR) is 110 cm³/mol. The molecule has 4 bridgehead atoms. The Kier molecular flexibility index (Phi) is 5.20. The van der Waals surface area contributed by atoms with Crippen molar-refractivity contribution in [2.24, 2.45) is 17.3 Å². The average molecular weight is 404 g/mol. The second kappa shape index (κ2) is 7.37. The van der Waals surface area contributed by atoms with Crippen LogP contribution in [0.4, 0.5) is 5.69 Å². The van der Waals surface area contributed by atoms with Gasteiger partial charge in [0.05, 0.1) is 5.41 Å². The van der Waals surface area contributed by atoms with Crippen LogP contribution in [-0.2, 0) is 14.3 Å². The number of esters is 1. The lowest BCUT2D eigenvalue weighted by Gasteiger charge is -2.58. The van der Waals surface area contributed by atoms with Gasteiger partial charge in [-0.2, -0.15) is 0 Å². The minimum atomic E-state index is -0.471. The van der Waals surface area contributed by atoms with E-state index in [2.05, 4.69) is 19.2 Å². The molecule has 0 aliphatic heterocycles. The molecule has 2 unspecified atom stereocenters. The summed E-state index contributed by atoms with van der Waals surface area (Å²) < 4.78 is 5.52. The van der Waals surface area contributed by atoms with Gasteiger partial charge in [-0.1, -0.05) is 32.0 Å². The molecule has 0 saturated heterocycles. The maximum absolute atomic E-state index is 13.0. The first-order valence-corrected chi connectivity index (χ1v) is 11.0. The Balaban J connectivity index is 1.38. The normalized spacial score (nSPS) is 34.1. The molecule has 1 amide bonds. The van der Waals surface area contributed by atoms with E-state index in [4.69, 9.17) is 16.3 Å². The molecule has 4 fully saturated rings. The number of carbonyl (C=O) groups excluding carboxylic acids is 2. The Hall–Kier alpha value is -1.55. The number of ether oxygens (including phenoxy) is 1. The number of amides is 1. The molecular weight excluding hydrogens is 374 g/mol. The van der Waals surface area contributed by atoms with E-state index in [1.165, 1.54) is 6.42 Å². The molecule has 1 aromatic carbocycles. The van der Waals surface area contributed by atoms with Gasteiger partial charge in [0.1, 0.15) is 0 Å². The van der Waals surface area contributed by atoms with Gasteiger partial charge in [-0.15, -0.1) is 11.6 Å². The molecule has 0 spiro atoms. The van der Waals surface area contributed by atoms with E-state index >= 15 is 0 Å². The molecule has 5 heteroatoms. The number of hydrogen-bond donors (Lipinski definition) is 1. The van der Waals surface area contributed by atoms with E-state index in [1.807, 2.05) is 24.3 Å². The van der Waals surface area contributed by atoms with Crippen LogP contribution >= 0.6 is 11.6 Å². The van der Waals surface area contributed by atoms with Gasteiger partial charge in [0.15, 0.2) is 6.61 Å². The maximum atomic E-state index is 13.0. The van der Waals surface area contributed by atoms with Crippen LogP contribution in [0.5, 0.6) is 0 Å². The molecule has 152 valence electrons. The molecule has 1 N–H and O–H groups in total. The average Bonchev–Trinajstić information content (AvgIpc) is 2.64. The van der Waals surface area contributed by atoms with Crippen molar-refractivity contribution in [2.75, 3.05) is 11.9 Å². The number of halogens is 1. The molecule has 4 aliphatic rings. The fraction of sp³-hybridized carbons (Fsp3) is 0.652. The van der Waals surface area contributed by atoms with Crippen molar-refractivity contribution in [3.8, 4) is 0 Å². The summed E-state index contributed by atoms with van der Waals surface area (Å²) in [5, 5.41) is 2.92. The molecule has 5 rings (SSSR count). The Morgan fingerprint density at radius 1 is 1.21 bits per heavy atom. The van der Waals surface area contributed by atoms with Crippen molar-refractivity contribution in [1.82, 2.24) is 0 Å². The minimum Gasteiger partial charge on any atom is -0.455 e. The minimum absolute atomic E-state index is 0.225. The summed E-state index contributed by atoms with van der Waals surface area (Å²) in [6, 6.07) is 7.82. The number of rotatable bonds is 6. The molecule has 0 radical (unpaired) electrons. The molecule has 5 atom stereocenters. The van der Waals surface area contributed by atoms with E-state index in [1.54, 1.807) is 0 Å².